The molecule has 11 heteroatoms. The Balaban J connectivity index is 1.54. The van der Waals surface area contributed by atoms with Gasteiger partial charge in [0.1, 0.15) is 18.3 Å². The van der Waals surface area contributed by atoms with Crippen molar-refractivity contribution in [3.8, 4) is 0 Å². The molecule has 25 heavy (non-hydrogen) atoms. The van der Waals surface area contributed by atoms with Gasteiger partial charge in [-0.1, -0.05) is 6.07 Å². The Hall–Kier alpha value is -2.92. The first kappa shape index (κ1) is 16.9. The van der Waals surface area contributed by atoms with Crippen LogP contribution < -0.4 is 21.5 Å². The second kappa shape index (κ2) is 7.32. The van der Waals surface area contributed by atoms with E-state index in [2.05, 4.69) is 37.0 Å². The van der Waals surface area contributed by atoms with Crippen LogP contribution >= 0.6 is 0 Å². The number of hydrogen-bond acceptors (Lipinski definition) is 7. The monoisotopic (exact) mass is 348 g/mol. The highest BCUT2D eigenvalue weighted by molar-refractivity contribution is 5.95. The number of nitrogens with zero attached hydrogens (tertiary/aromatic N) is 4. The standard InChI is InChI=1S/C14H17FN8O2/c1-8-2-3-11(10(15)4-8)19-12(24)6-16-14(25)9-5-17-20-13(9)23-7-18-21-22-23/h2-4,7,9,13,17,20H,5-6H2,1H3,(H,16,25)(H,19,24). The average molecular weight is 348 g/mol. The van der Waals surface area contributed by atoms with Gasteiger partial charge in [-0.05, 0) is 35.0 Å². The van der Waals surface area contributed by atoms with Gasteiger partial charge < -0.3 is 10.6 Å². The molecule has 1 aliphatic heterocycles. The number of anilines is 1. The predicted octanol–water partition coefficient (Wildman–Crippen LogP) is -0.902. The molecule has 3 rings (SSSR count). The van der Waals surface area contributed by atoms with Crippen molar-refractivity contribution in [3.05, 3.63) is 35.9 Å². The maximum atomic E-state index is 13.7. The van der Waals surface area contributed by atoms with Gasteiger partial charge in [-0.2, -0.15) is 0 Å². The molecule has 4 N–H and O–H groups in total. The van der Waals surface area contributed by atoms with Crippen LogP contribution in [0.15, 0.2) is 24.5 Å². The number of carbonyl (C=O) groups excluding carboxylic acids is 2. The summed E-state index contributed by atoms with van der Waals surface area (Å²) in [4.78, 5) is 24.2. The molecule has 132 valence electrons. The minimum atomic E-state index is -0.525. The number of amides is 2. The lowest BCUT2D eigenvalue weighted by atomic mass is 10.1. The zero-order valence-corrected chi connectivity index (χ0v) is 13.4. The molecule has 1 aromatic heterocycles. The molecule has 2 amide bonds. The van der Waals surface area contributed by atoms with Crippen LogP contribution in [0.25, 0.3) is 0 Å². The summed E-state index contributed by atoms with van der Waals surface area (Å²) < 4.78 is 15.1. The zero-order chi connectivity index (χ0) is 17.8. The molecule has 0 aliphatic carbocycles. The zero-order valence-electron chi connectivity index (χ0n) is 13.4. The highest BCUT2D eigenvalue weighted by Crippen LogP contribution is 2.17. The molecular weight excluding hydrogens is 331 g/mol. The normalized spacial score (nSPS) is 19.6. The van der Waals surface area contributed by atoms with E-state index in [0.29, 0.717) is 6.54 Å². The highest BCUT2D eigenvalue weighted by Gasteiger charge is 2.35. The van der Waals surface area contributed by atoms with Crippen molar-refractivity contribution >= 4 is 17.5 Å². The van der Waals surface area contributed by atoms with E-state index in [1.165, 1.54) is 23.1 Å². The molecule has 1 saturated heterocycles. The number of halogens is 1. The summed E-state index contributed by atoms with van der Waals surface area (Å²) in [6.07, 6.45) is 0.922. The summed E-state index contributed by atoms with van der Waals surface area (Å²) in [5, 5.41) is 15.8. The first-order valence-electron chi connectivity index (χ1n) is 7.59. The van der Waals surface area contributed by atoms with Crippen LogP contribution in [-0.2, 0) is 9.59 Å². The molecule has 1 aliphatic rings. The van der Waals surface area contributed by atoms with E-state index in [-0.39, 0.29) is 18.1 Å². The van der Waals surface area contributed by atoms with Gasteiger partial charge in [0.05, 0.1) is 18.2 Å². The van der Waals surface area contributed by atoms with Crippen LogP contribution in [0.5, 0.6) is 0 Å². The van der Waals surface area contributed by atoms with Gasteiger partial charge in [0.15, 0.2) is 0 Å². The van der Waals surface area contributed by atoms with Crippen LogP contribution in [0, 0.1) is 18.7 Å². The lowest BCUT2D eigenvalue weighted by Crippen LogP contribution is -2.41. The molecule has 2 aromatic rings. The Morgan fingerprint density at radius 3 is 3.00 bits per heavy atom. The fraction of sp³-hybridized carbons (Fsp3) is 0.357. The van der Waals surface area contributed by atoms with E-state index in [1.54, 1.807) is 13.0 Å². The molecule has 1 aromatic carbocycles. The Morgan fingerprint density at radius 1 is 1.44 bits per heavy atom. The SMILES string of the molecule is Cc1ccc(NC(=O)CNC(=O)C2CNNC2n2cnnn2)c(F)c1. The molecule has 0 saturated carbocycles. The van der Waals surface area contributed by atoms with Crippen molar-refractivity contribution in [2.24, 2.45) is 5.92 Å². The van der Waals surface area contributed by atoms with E-state index in [1.807, 2.05) is 0 Å². The van der Waals surface area contributed by atoms with Gasteiger partial charge in [0, 0.05) is 6.54 Å². The van der Waals surface area contributed by atoms with Crippen LogP contribution in [0.2, 0.25) is 0 Å². The van der Waals surface area contributed by atoms with Gasteiger partial charge >= 0.3 is 0 Å². The molecule has 0 radical (unpaired) electrons. The van der Waals surface area contributed by atoms with Gasteiger partial charge in [-0.25, -0.2) is 14.5 Å². The average Bonchev–Trinajstić information content (AvgIpc) is 3.25. The summed E-state index contributed by atoms with van der Waals surface area (Å²) in [5.41, 5.74) is 6.56. The van der Waals surface area contributed by atoms with Crippen molar-refractivity contribution in [1.82, 2.24) is 36.4 Å². The highest BCUT2D eigenvalue weighted by atomic mass is 19.1. The fourth-order valence-corrected chi connectivity index (χ4v) is 2.48. The Morgan fingerprint density at radius 2 is 2.28 bits per heavy atom. The molecule has 1 fully saturated rings. The van der Waals surface area contributed by atoms with Crippen LogP contribution in [0.4, 0.5) is 10.1 Å². The summed E-state index contributed by atoms with van der Waals surface area (Å²) in [6, 6.07) is 4.48. The topological polar surface area (TPSA) is 126 Å². The van der Waals surface area contributed by atoms with Crippen molar-refractivity contribution in [2.75, 3.05) is 18.4 Å². The minimum absolute atomic E-state index is 0.0700. The number of hydrogen-bond donors (Lipinski definition) is 4. The minimum Gasteiger partial charge on any atom is -0.347 e. The number of carbonyl (C=O) groups is 2. The van der Waals surface area contributed by atoms with Gasteiger partial charge in [0.25, 0.3) is 0 Å². The summed E-state index contributed by atoms with van der Waals surface area (Å²) in [5.74, 6) is -1.90. The van der Waals surface area contributed by atoms with Crippen LogP contribution in [-0.4, -0.2) is 45.1 Å². The van der Waals surface area contributed by atoms with Crippen molar-refractivity contribution < 1.29 is 14.0 Å². The third-order valence-electron chi connectivity index (χ3n) is 3.76. The van der Waals surface area contributed by atoms with Crippen molar-refractivity contribution in [1.29, 1.82) is 0 Å². The van der Waals surface area contributed by atoms with Gasteiger partial charge in [-0.15, -0.1) is 5.10 Å². The van der Waals surface area contributed by atoms with E-state index in [4.69, 9.17) is 0 Å². The van der Waals surface area contributed by atoms with Crippen molar-refractivity contribution in [2.45, 2.75) is 13.1 Å². The predicted molar refractivity (Wildman–Crippen MR) is 84.3 cm³/mol. The van der Waals surface area contributed by atoms with Crippen molar-refractivity contribution in [3.63, 3.8) is 0 Å². The van der Waals surface area contributed by atoms with Gasteiger partial charge in [0.2, 0.25) is 11.8 Å². The number of rotatable bonds is 5. The lowest BCUT2D eigenvalue weighted by Gasteiger charge is -2.17. The third kappa shape index (κ3) is 3.95. The second-order valence-electron chi connectivity index (χ2n) is 5.62. The summed E-state index contributed by atoms with van der Waals surface area (Å²) in [6.45, 7) is 1.83. The molecule has 2 atom stereocenters. The number of aromatic nitrogens is 4. The number of tetrazole rings is 1. The maximum absolute atomic E-state index is 13.7. The second-order valence-corrected chi connectivity index (χ2v) is 5.62. The lowest BCUT2D eigenvalue weighted by molar-refractivity contribution is -0.127. The smallest absolute Gasteiger partial charge is 0.243 e. The summed E-state index contributed by atoms with van der Waals surface area (Å²) >= 11 is 0. The Kier molecular flexibility index (Phi) is 4.95. The number of nitrogens with one attached hydrogen (secondary N) is 4. The fourth-order valence-electron chi connectivity index (χ4n) is 2.48. The molecule has 0 spiro atoms. The number of aryl methyl sites for hydroxylation is 1. The molecule has 10 nitrogen and oxygen atoms in total. The summed E-state index contributed by atoms with van der Waals surface area (Å²) in [7, 11) is 0. The van der Waals surface area contributed by atoms with E-state index in [9.17, 15) is 14.0 Å². The molecule has 2 heterocycles. The Labute approximate surface area is 142 Å². The number of benzene rings is 1. The molecule has 2 unspecified atom stereocenters. The van der Waals surface area contributed by atoms with E-state index >= 15 is 0 Å². The van der Waals surface area contributed by atoms with E-state index in [0.717, 1.165) is 5.56 Å². The number of hydrazine groups is 1. The molecular formula is C14H17FN8O2. The van der Waals surface area contributed by atoms with Crippen LogP contribution in [0.3, 0.4) is 0 Å². The molecule has 0 bridgehead atoms. The van der Waals surface area contributed by atoms with E-state index < -0.39 is 23.8 Å². The third-order valence-corrected chi connectivity index (χ3v) is 3.76. The quantitative estimate of drug-likeness (QED) is 0.551. The van der Waals surface area contributed by atoms with Gasteiger partial charge in [-0.3, -0.25) is 15.0 Å². The largest absolute Gasteiger partial charge is 0.347 e. The maximum Gasteiger partial charge on any atom is 0.243 e. The first-order valence-corrected chi connectivity index (χ1v) is 7.59. The Bertz CT molecular complexity index is 766. The van der Waals surface area contributed by atoms with Crippen LogP contribution in [0.1, 0.15) is 11.7 Å². The first-order chi connectivity index (χ1) is 12.0.